The summed E-state index contributed by atoms with van der Waals surface area (Å²) in [5.74, 6) is -1.64. The van der Waals surface area contributed by atoms with E-state index in [1.807, 2.05) is 4.90 Å². The van der Waals surface area contributed by atoms with Crippen molar-refractivity contribution >= 4 is 27.6 Å². The summed E-state index contributed by atoms with van der Waals surface area (Å²) >= 11 is 0. The van der Waals surface area contributed by atoms with Gasteiger partial charge in [-0.1, -0.05) is 12.1 Å². The Labute approximate surface area is 200 Å². The molecule has 34 heavy (non-hydrogen) atoms. The minimum atomic E-state index is -3.77. The van der Waals surface area contributed by atoms with Gasteiger partial charge in [0, 0.05) is 40.8 Å². The van der Waals surface area contributed by atoms with E-state index in [4.69, 9.17) is 4.74 Å². The van der Waals surface area contributed by atoms with Gasteiger partial charge in [-0.15, -0.1) is 0 Å². The molecule has 1 atom stereocenters. The lowest BCUT2D eigenvalue weighted by Crippen LogP contribution is -2.37. The molecule has 1 amide bonds. The lowest BCUT2D eigenvalue weighted by atomic mass is 10.1. The van der Waals surface area contributed by atoms with Crippen molar-refractivity contribution in [2.75, 3.05) is 39.1 Å². The normalized spacial score (nSPS) is 14.8. The summed E-state index contributed by atoms with van der Waals surface area (Å²) < 4.78 is 45.2. The summed E-state index contributed by atoms with van der Waals surface area (Å²) in [6.07, 6.45) is 0.810. The summed E-state index contributed by atoms with van der Waals surface area (Å²) in [6.45, 7) is 3.09. The first-order chi connectivity index (χ1) is 16.0. The van der Waals surface area contributed by atoms with Gasteiger partial charge in [0.05, 0.1) is 16.1 Å². The Hall–Kier alpha value is -2.98. The van der Waals surface area contributed by atoms with E-state index in [9.17, 15) is 22.4 Å². The van der Waals surface area contributed by atoms with Gasteiger partial charge in [0.2, 0.25) is 10.0 Å². The monoisotopic (exact) mass is 491 g/mol. The molecule has 1 unspecified atom stereocenters. The van der Waals surface area contributed by atoms with Crippen LogP contribution < -0.4 is 4.90 Å². The Balaban J connectivity index is 1.82. The minimum absolute atomic E-state index is 0.0328. The number of carbonyl (C=O) groups is 2. The maximum atomic E-state index is 13.4. The van der Waals surface area contributed by atoms with Crippen LogP contribution in [0.3, 0.4) is 0 Å². The van der Waals surface area contributed by atoms with Crippen LogP contribution in [0.1, 0.15) is 35.7 Å². The molecule has 0 aliphatic carbocycles. The average molecular weight is 492 g/mol. The fraction of sp³-hybridized carbons (Fsp3) is 0.417. The summed E-state index contributed by atoms with van der Waals surface area (Å²) in [5, 5.41) is 0. The molecule has 0 radical (unpaired) electrons. The van der Waals surface area contributed by atoms with Crippen molar-refractivity contribution in [1.29, 1.82) is 0 Å². The molecule has 3 rings (SSSR count). The summed E-state index contributed by atoms with van der Waals surface area (Å²) in [5.41, 5.74) is 1.28. The van der Waals surface area contributed by atoms with Gasteiger partial charge in [-0.2, -0.15) is 0 Å². The number of ether oxygens (including phenoxy) is 1. The number of hydrogen-bond donors (Lipinski definition) is 0. The van der Waals surface area contributed by atoms with Gasteiger partial charge in [0.25, 0.3) is 5.91 Å². The summed E-state index contributed by atoms with van der Waals surface area (Å²) in [6, 6.07) is 10.3. The van der Waals surface area contributed by atoms with Crippen LogP contribution in [0, 0.1) is 5.82 Å². The van der Waals surface area contributed by atoms with E-state index in [1.165, 1.54) is 57.2 Å². The number of anilines is 1. The second kappa shape index (κ2) is 10.5. The highest BCUT2D eigenvalue weighted by Crippen LogP contribution is 2.29. The van der Waals surface area contributed by atoms with Gasteiger partial charge in [0.15, 0.2) is 6.10 Å². The molecule has 0 aromatic heterocycles. The van der Waals surface area contributed by atoms with Crippen molar-refractivity contribution in [3.8, 4) is 0 Å². The molecule has 0 N–H and O–H groups in total. The summed E-state index contributed by atoms with van der Waals surface area (Å²) in [4.78, 5) is 29.3. The van der Waals surface area contributed by atoms with Crippen molar-refractivity contribution in [3.05, 3.63) is 59.4 Å². The Morgan fingerprint density at radius 2 is 1.76 bits per heavy atom. The fourth-order valence-electron chi connectivity index (χ4n) is 3.86. The third kappa shape index (κ3) is 5.74. The fourth-order valence-corrected chi connectivity index (χ4v) is 4.78. The van der Waals surface area contributed by atoms with Gasteiger partial charge in [0.1, 0.15) is 5.82 Å². The van der Waals surface area contributed by atoms with Crippen LogP contribution in [0.25, 0.3) is 0 Å². The second-order valence-corrected chi connectivity index (χ2v) is 10.7. The van der Waals surface area contributed by atoms with Gasteiger partial charge >= 0.3 is 5.97 Å². The van der Waals surface area contributed by atoms with Gasteiger partial charge < -0.3 is 14.5 Å². The topological polar surface area (TPSA) is 87.2 Å². The highest BCUT2D eigenvalue weighted by atomic mass is 32.2. The molecule has 2 aromatic carbocycles. The van der Waals surface area contributed by atoms with E-state index in [0.717, 1.165) is 30.2 Å². The smallest absolute Gasteiger partial charge is 0.341 e. The Kier molecular flexibility index (Phi) is 7.93. The van der Waals surface area contributed by atoms with Crippen molar-refractivity contribution in [2.45, 2.75) is 37.3 Å². The van der Waals surface area contributed by atoms with Crippen LogP contribution >= 0.6 is 0 Å². The van der Waals surface area contributed by atoms with Crippen LogP contribution in [-0.2, 0) is 26.1 Å². The molecule has 184 valence electrons. The standard InChI is InChI=1S/C24H30FN3O5S/c1-17(23(29)27(4)16-18-8-7-9-19(25)14-18)33-24(30)21-15-20(34(31,32)26(2)3)10-11-22(21)28-12-5-6-13-28/h7-11,14-15,17H,5-6,12-13,16H2,1-4H3. The Morgan fingerprint density at radius 3 is 2.38 bits per heavy atom. The zero-order valence-electron chi connectivity index (χ0n) is 19.8. The number of sulfonamides is 1. The number of esters is 1. The number of nitrogens with zero attached hydrogens (tertiary/aromatic N) is 3. The second-order valence-electron chi connectivity index (χ2n) is 8.53. The molecule has 0 saturated carbocycles. The van der Waals surface area contributed by atoms with E-state index < -0.39 is 33.8 Å². The van der Waals surface area contributed by atoms with Crippen molar-refractivity contribution in [2.24, 2.45) is 0 Å². The number of rotatable bonds is 8. The highest BCUT2D eigenvalue weighted by Gasteiger charge is 2.28. The molecule has 1 aliphatic rings. The maximum absolute atomic E-state index is 13.4. The molecule has 10 heteroatoms. The van der Waals surface area contributed by atoms with Crippen LogP contribution in [0.15, 0.2) is 47.4 Å². The average Bonchev–Trinajstić information content (AvgIpc) is 3.32. The first-order valence-corrected chi connectivity index (χ1v) is 12.5. The number of likely N-dealkylation sites (N-methyl/N-ethyl adjacent to an activating group) is 1. The van der Waals surface area contributed by atoms with Gasteiger partial charge in [-0.05, 0) is 55.7 Å². The SMILES string of the molecule is CC(OC(=O)c1cc(S(=O)(=O)N(C)C)ccc1N1CCCC1)C(=O)N(C)Cc1cccc(F)c1. The first-order valence-electron chi connectivity index (χ1n) is 11.0. The predicted octanol–water partition coefficient (Wildman–Crippen LogP) is 2.88. The van der Waals surface area contributed by atoms with Crippen molar-refractivity contribution in [1.82, 2.24) is 9.21 Å². The van der Waals surface area contributed by atoms with Crippen LogP contribution in [-0.4, -0.2) is 69.8 Å². The van der Waals surface area contributed by atoms with Crippen molar-refractivity contribution < 1.29 is 27.1 Å². The van der Waals surface area contributed by atoms with Crippen LogP contribution in [0.5, 0.6) is 0 Å². The molecule has 1 aliphatic heterocycles. The molecule has 8 nitrogen and oxygen atoms in total. The number of hydrogen-bond acceptors (Lipinski definition) is 6. The van der Waals surface area contributed by atoms with Crippen LogP contribution in [0.2, 0.25) is 0 Å². The molecule has 0 bridgehead atoms. The first kappa shape index (κ1) is 25.6. The van der Waals surface area contributed by atoms with Gasteiger partial charge in [-0.3, -0.25) is 4.79 Å². The number of amides is 1. The third-order valence-corrected chi connectivity index (χ3v) is 7.54. The largest absolute Gasteiger partial charge is 0.449 e. The van der Waals surface area contributed by atoms with E-state index in [-0.39, 0.29) is 17.0 Å². The molecular formula is C24H30FN3O5S. The maximum Gasteiger partial charge on any atom is 0.341 e. The Bertz CT molecular complexity index is 1160. The van der Waals surface area contributed by atoms with Crippen molar-refractivity contribution in [3.63, 3.8) is 0 Å². The van der Waals surface area contributed by atoms with E-state index >= 15 is 0 Å². The molecule has 1 heterocycles. The zero-order chi connectivity index (χ0) is 25.0. The molecule has 1 saturated heterocycles. The summed E-state index contributed by atoms with van der Waals surface area (Å²) in [7, 11) is 0.598. The minimum Gasteiger partial charge on any atom is -0.449 e. The lowest BCUT2D eigenvalue weighted by molar-refractivity contribution is -0.139. The van der Waals surface area contributed by atoms with E-state index in [2.05, 4.69) is 0 Å². The third-order valence-electron chi connectivity index (χ3n) is 5.73. The zero-order valence-corrected chi connectivity index (χ0v) is 20.6. The molecule has 0 spiro atoms. The quantitative estimate of drug-likeness (QED) is 0.528. The number of carbonyl (C=O) groups excluding carboxylic acids is 2. The van der Waals surface area contributed by atoms with E-state index in [1.54, 1.807) is 18.2 Å². The lowest BCUT2D eigenvalue weighted by Gasteiger charge is -2.24. The number of halogens is 1. The number of benzene rings is 2. The molecule has 1 fully saturated rings. The predicted molar refractivity (Wildman–Crippen MR) is 127 cm³/mol. The Morgan fingerprint density at radius 1 is 1.09 bits per heavy atom. The van der Waals surface area contributed by atoms with Crippen LogP contribution in [0.4, 0.5) is 10.1 Å². The molecule has 2 aromatic rings. The van der Waals surface area contributed by atoms with Gasteiger partial charge in [-0.25, -0.2) is 21.9 Å². The molecular weight excluding hydrogens is 461 g/mol. The highest BCUT2D eigenvalue weighted by molar-refractivity contribution is 7.89. The van der Waals surface area contributed by atoms with E-state index in [0.29, 0.717) is 11.3 Å².